The lowest BCUT2D eigenvalue weighted by Gasteiger charge is -2.35. The third kappa shape index (κ3) is 1.86. The van der Waals surface area contributed by atoms with Gasteiger partial charge in [-0.25, -0.2) is 0 Å². The Labute approximate surface area is 103 Å². The van der Waals surface area contributed by atoms with Crippen molar-refractivity contribution >= 4 is 11.6 Å². The fourth-order valence-corrected chi connectivity index (χ4v) is 2.83. The zero-order valence-electron chi connectivity index (χ0n) is 10.4. The van der Waals surface area contributed by atoms with Crippen molar-refractivity contribution in [2.24, 2.45) is 5.92 Å². The van der Waals surface area contributed by atoms with Crippen LogP contribution in [0.25, 0.3) is 0 Å². The second kappa shape index (κ2) is 4.17. The maximum atomic E-state index is 12.4. The molecule has 2 nitrogen and oxygen atoms in total. The number of carbonyl (C=O) groups is 1. The first kappa shape index (κ1) is 10.8. The molecule has 1 amide bonds. The van der Waals surface area contributed by atoms with Crippen LogP contribution in [0.4, 0.5) is 5.69 Å². The average molecular weight is 229 g/mol. The number of benzene rings is 1. The molecular formula is C15H19NO. The SMILES string of the molecule is Cc1ccc2c(c1)CCCN2C(=O)C1CCC1. The second-order valence-electron chi connectivity index (χ2n) is 5.35. The number of carbonyl (C=O) groups excluding carboxylic acids is 1. The summed E-state index contributed by atoms with van der Waals surface area (Å²) in [6.45, 7) is 3.03. The standard InChI is InChI=1S/C15H19NO/c1-11-7-8-14-13(10-11)6-3-9-16(14)15(17)12-4-2-5-12/h7-8,10,12H,2-6,9H2,1H3. The minimum Gasteiger partial charge on any atom is -0.312 e. The van der Waals surface area contributed by atoms with Crippen LogP contribution in [0.5, 0.6) is 0 Å². The molecule has 1 aromatic rings. The Kier molecular flexibility index (Phi) is 2.65. The highest BCUT2D eigenvalue weighted by atomic mass is 16.2. The molecule has 1 fully saturated rings. The predicted molar refractivity (Wildman–Crippen MR) is 69.2 cm³/mol. The van der Waals surface area contributed by atoms with Crippen molar-refractivity contribution in [2.75, 3.05) is 11.4 Å². The number of nitrogens with zero attached hydrogens (tertiary/aromatic N) is 1. The first-order valence-electron chi connectivity index (χ1n) is 6.66. The van der Waals surface area contributed by atoms with Gasteiger partial charge in [-0.2, -0.15) is 0 Å². The summed E-state index contributed by atoms with van der Waals surface area (Å²) in [5, 5.41) is 0. The van der Waals surface area contributed by atoms with Gasteiger partial charge in [-0.1, -0.05) is 24.1 Å². The van der Waals surface area contributed by atoms with E-state index in [9.17, 15) is 4.79 Å². The lowest BCUT2D eigenvalue weighted by molar-refractivity contribution is -0.124. The molecule has 1 heterocycles. The van der Waals surface area contributed by atoms with Crippen molar-refractivity contribution in [3.8, 4) is 0 Å². The fourth-order valence-electron chi connectivity index (χ4n) is 2.83. The Bertz CT molecular complexity index is 448. The molecule has 1 aromatic carbocycles. The molecule has 0 saturated heterocycles. The van der Waals surface area contributed by atoms with E-state index in [0.717, 1.165) is 32.2 Å². The van der Waals surface area contributed by atoms with E-state index in [4.69, 9.17) is 0 Å². The van der Waals surface area contributed by atoms with Gasteiger partial charge in [0.25, 0.3) is 0 Å². The Morgan fingerprint density at radius 3 is 2.82 bits per heavy atom. The topological polar surface area (TPSA) is 20.3 Å². The Balaban J connectivity index is 1.90. The number of hydrogen-bond donors (Lipinski definition) is 0. The lowest BCUT2D eigenvalue weighted by atomic mass is 9.83. The zero-order valence-corrected chi connectivity index (χ0v) is 10.4. The third-order valence-electron chi connectivity index (χ3n) is 4.07. The molecule has 0 spiro atoms. The molecule has 1 aliphatic heterocycles. The molecule has 0 radical (unpaired) electrons. The number of anilines is 1. The van der Waals surface area contributed by atoms with Crippen LogP contribution in [0.2, 0.25) is 0 Å². The van der Waals surface area contributed by atoms with Crippen molar-refractivity contribution in [1.82, 2.24) is 0 Å². The first-order valence-corrected chi connectivity index (χ1v) is 6.66. The van der Waals surface area contributed by atoms with Gasteiger partial charge in [-0.3, -0.25) is 4.79 Å². The molecule has 0 aromatic heterocycles. The largest absolute Gasteiger partial charge is 0.312 e. The lowest BCUT2D eigenvalue weighted by Crippen LogP contribution is -2.41. The highest BCUT2D eigenvalue weighted by Crippen LogP contribution is 2.34. The summed E-state index contributed by atoms with van der Waals surface area (Å²) in [7, 11) is 0. The van der Waals surface area contributed by atoms with Crippen LogP contribution in [0.15, 0.2) is 18.2 Å². The van der Waals surface area contributed by atoms with E-state index in [-0.39, 0.29) is 0 Å². The Hall–Kier alpha value is -1.31. The van der Waals surface area contributed by atoms with E-state index in [1.54, 1.807) is 0 Å². The zero-order chi connectivity index (χ0) is 11.8. The molecule has 1 aliphatic carbocycles. The van der Waals surface area contributed by atoms with Gasteiger partial charge in [0, 0.05) is 18.2 Å². The predicted octanol–water partition coefficient (Wildman–Crippen LogP) is 3.07. The van der Waals surface area contributed by atoms with Crippen LogP contribution in [0.1, 0.15) is 36.8 Å². The maximum Gasteiger partial charge on any atom is 0.230 e. The van der Waals surface area contributed by atoms with E-state index in [1.807, 2.05) is 4.90 Å². The molecule has 1 saturated carbocycles. The fraction of sp³-hybridized carbons (Fsp3) is 0.533. The first-order chi connectivity index (χ1) is 8.25. The minimum atomic E-state index is 0.308. The third-order valence-corrected chi connectivity index (χ3v) is 4.07. The van der Waals surface area contributed by atoms with E-state index in [2.05, 4.69) is 25.1 Å². The van der Waals surface area contributed by atoms with Gasteiger partial charge in [-0.05, 0) is 44.2 Å². The van der Waals surface area contributed by atoms with Crippen molar-refractivity contribution in [3.63, 3.8) is 0 Å². The van der Waals surface area contributed by atoms with Crippen LogP contribution in [-0.2, 0) is 11.2 Å². The maximum absolute atomic E-state index is 12.4. The molecule has 17 heavy (non-hydrogen) atoms. The normalized spacial score (nSPS) is 19.7. The Morgan fingerprint density at radius 2 is 2.12 bits per heavy atom. The van der Waals surface area contributed by atoms with Gasteiger partial charge >= 0.3 is 0 Å². The van der Waals surface area contributed by atoms with E-state index < -0.39 is 0 Å². The van der Waals surface area contributed by atoms with Gasteiger partial charge in [-0.15, -0.1) is 0 Å². The van der Waals surface area contributed by atoms with Gasteiger partial charge in [0.05, 0.1) is 0 Å². The molecule has 0 atom stereocenters. The summed E-state index contributed by atoms with van der Waals surface area (Å²) >= 11 is 0. The second-order valence-corrected chi connectivity index (χ2v) is 5.35. The van der Waals surface area contributed by atoms with E-state index >= 15 is 0 Å². The average Bonchev–Trinajstić information content (AvgIpc) is 2.25. The summed E-state index contributed by atoms with van der Waals surface area (Å²) in [6.07, 6.45) is 5.64. The summed E-state index contributed by atoms with van der Waals surface area (Å²) in [6, 6.07) is 6.47. The van der Waals surface area contributed by atoms with E-state index in [1.165, 1.54) is 23.2 Å². The smallest absolute Gasteiger partial charge is 0.230 e. The monoisotopic (exact) mass is 229 g/mol. The molecule has 0 bridgehead atoms. The van der Waals surface area contributed by atoms with Crippen LogP contribution < -0.4 is 4.90 Å². The van der Waals surface area contributed by atoms with Crippen molar-refractivity contribution in [2.45, 2.75) is 39.0 Å². The number of aryl methyl sites for hydroxylation is 2. The van der Waals surface area contributed by atoms with Crippen LogP contribution in [0, 0.1) is 12.8 Å². The molecule has 2 aliphatic rings. The number of hydrogen-bond acceptors (Lipinski definition) is 1. The highest BCUT2D eigenvalue weighted by Gasteiger charge is 2.32. The summed E-state index contributed by atoms with van der Waals surface area (Å²) < 4.78 is 0. The Morgan fingerprint density at radius 1 is 1.29 bits per heavy atom. The minimum absolute atomic E-state index is 0.308. The van der Waals surface area contributed by atoms with Gasteiger partial charge < -0.3 is 4.90 Å². The van der Waals surface area contributed by atoms with Crippen LogP contribution in [0.3, 0.4) is 0 Å². The van der Waals surface area contributed by atoms with Crippen molar-refractivity contribution in [3.05, 3.63) is 29.3 Å². The van der Waals surface area contributed by atoms with Crippen molar-refractivity contribution in [1.29, 1.82) is 0 Å². The summed E-state index contributed by atoms with van der Waals surface area (Å²) in [4.78, 5) is 14.4. The summed E-state index contributed by atoms with van der Waals surface area (Å²) in [5.74, 6) is 0.670. The summed E-state index contributed by atoms with van der Waals surface area (Å²) in [5.41, 5.74) is 3.81. The van der Waals surface area contributed by atoms with Crippen molar-refractivity contribution < 1.29 is 4.79 Å². The molecule has 90 valence electrons. The molecule has 2 heteroatoms. The number of amides is 1. The van der Waals surface area contributed by atoms with E-state index in [0.29, 0.717) is 11.8 Å². The van der Waals surface area contributed by atoms with Gasteiger partial charge in [0.15, 0.2) is 0 Å². The molecule has 0 unspecified atom stereocenters. The van der Waals surface area contributed by atoms with Gasteiger partial charge in [0.2, 0.25) is 5.91 Å². The number of rotatable bonds is 1. The molecule has 3 rings (SSSR count). The quantitative estimate of drug-likeness (QED) is 0.724. The van der Waals surface area contributed by atoms with Crippen LogP contribution in [-0.4, -0.2) is 12.5 Å². The molecular weight excluding hydrogens is 210 g/mol. The highest BCUT2D eigenvalue weighted by molar-refractivity contribution is 5.96. The molecule has 0 N–H and O–H groups in total. The van der Waals surface area contributed by atoms with Crippen LogP contribution >= 0.6 is 0 Å². The number of fused-ring (bicyclic) bond motifs is 1. The van der Waals surface area contributed by atoms with Gasteiger partial charge in [0.1, 0.15) is 0 Å².